The average molecular weight is 333 g/mol. The number of hydrogen-bond donors (Lipinski definition) is 0. The first kappa shape index (κ1) is 18.3. The number of allylic oxidation sites excluding steroid dienone is 5. The van der Waals surface area contributed by atoms with Crippen molar-refractivity contribution < 1.29 is 39.0 Å². The molecule has 0 fully saturated rings. The van der Waals surface area contributed by atoms with Gasteiger partial charge in [0.05, 0.1) is 0 Å². The number of halogens is 4. The van der Waals surface area contributed by atoms with Crippen molar-refractivity contribution in [1.82, 2.24) is 0 Å². The molecule has 0 aliphatic heterocycles. The molecule has 0 bridgehead atoms. The zero-order valence-corrected chi connectivity index (χ0v) is 11.4. The van der Waals surface area contributed by atoms with E-state index in [4.69, 9.17) is 0 Å². The molecule has 10 heteroatoms. The number of rotatable bonds is 3. The van der Waals surface area contributed by atoms with Crippen molar-refractivity contribution in [3.05, 3.63) is 39.3 Å². The quantitative estimate of drug-likeness (QED) is 0.453. The van der Waals surface area contributed by atoms with Gasteiger partial charge in [-0.1, -0.05) is 0 Å². The maximum absolute atomic E-state index is 10.7. The van der Waals surface area contributed by atoms with Crippen LogP contribution in [-0.4, -0.2) is 16.8 Å². The Balaban J connectivity index is 0.000000621. The fourth-order valence-electron chi connectivity index (χ4n) is 1.38. The molecule has 0 aromatic carbocycles. The van der Waals surface area contributed by atoms with Gasteiger partial charge < -0.3 is 17.3 Å². The molecule has 0 amide bonds. The summed E-state index contributed by atoms with van der Waals surface area (Å²) in [6.07, 6.45) is 3.87. The fraction of sp³-hybridized carbons (Fsp3) is 0.200. The Kier molecular flexibility index (Phi) is 6.55. The smallest absolute Gasteiger partial charge is 0.418 e. The Labute approximate surface area is 113 Å². The van der Waals surface area contributed by atoms with E-state index in [0.717, 1.165) is 11.1 Å². The van der Waals surface area contributed by atoms with E-state index in [0.29, 0.717) is 10.9 Å². The second kappa shape index (κ2) is 7.17. The number of hydrogen-bond acceptors (Lipinski definition) is 4. The van der Waals surface area contributed by atoms with Crippen LogP contribution in [0.15, 0.2) is 38.5 Å². The second-order valence-electron chi connectivity index (χ2n) is 3.37. The summed E-state index contributed by atoms with van der Waals surface area (Å²) < 4.78 is 42.1. The van der Waals surface area contributed by atoms with Crippen molar-refractivity contribution in [2.75, 3.05) is 0 Å². The van der Waals surface area contributed by atoms with Gasteiger partial charge in [0.25, 0.3) is 0 Å². The van der Waals surface area contributed by atoms with Gasteiger partial charge in [0.15, 0.2) is 0 Å². The summed E-state index contributed by atoms with van der Waals surface area (Å²) in [5.74, 6) is 0. The summed E-state index contributed by atoms with van der Waals surface area (Å²) >= 11 is -3.71. The first-order valence-corrected chi connectivity index (χ1v) is 7.25. The Morgan fingerprint density at radius 3 is 2.05 bits per heavy atom. The van der Waals surface area contributed by atoms with E-state index < -0.39 is 19.4 Å². The summed E-state index contributed by atoms with van der Waals surface area (Å²) in [7, 11) is -6.00. The first-order valence-electron chi connectivity index (χ1n) is 4.95. The minimum Gasteiger partial charge on any atom is -0.418 e. The molecule has 0 radical (unpaired) electrons. The molecule has 0 saturated carbocycles. The molecule has 0 heterocycles. The minimum absolute atomic E-state index is 0.402. The van der Waals surface area contributed by atoms with Crippen LogP contribution in [0.3, 0.4) is 0 Å². The van der Waals surface area contributed by atoms with E-state index in [1.54, 1.807) is 19.1 Å². The second-order valence-corrected chi connectivity index (χ2v) is 6.38. The molecule has 0 atom stereocenters. The van der Waals surface area contributed by atoms with Gasteiger partial charge in [-0.05, 0) is 0 Å². The Hall–Kier alpha value is -1.72. The van der Waals surface area contributed by atoms with Crippen molar-refractivity contribution in [1.29, 1.82) is 0 Å². The largest absolute Gasteiger partial charge is 0.673 e. The Bertz CT molecular complexity index is 620. The van der Waals surface area contributed by atoms with E-state index in [1.807, 2.05) is 0 Å². The van der Waals surface area contributed by atoms with Gasteiger partial charge in [-0.15, -0.1) is 0 Å². The zero-order chi connectivity index (χ0) is 16.0. The molecule has 0 spiro atoms. The third kappa shape index (κ3) is 4.76. The molecule has 1 aliphatic rings. The molecule has 4 nitrogen and oxygen atoms in total. The van der Waals surface area contributed by atoms with Gasteiger partial charge in [-0.3, -0.25) is 0 Å². The van der Waals surface area contributed by atoms with Crippen LogP contribution in [0, 0.1) is 4.91 Å². The summed E-state index contributed by atoms with van der Waals surface area (Å²) in [5.41, 5.74) is 1.63. The van der Waals surface area contributed by atoms with Gasteiger partial charge >= 0.3 is 95.4 Å². The van der Waals surface area contributed by atoms with Crippen molar-refractivity contribution in [3.63, 3.8) is 0 Å². The summed E-state index contributed by atoms with van der Waals surface area (Å²) in [4.78, 5) is 35.0. The van der Waals surface area contributed by atoms with Gasteiger partial charge in [0.1, 0.15) is 0 Å². The summed E-state index contributed by atoms with van der Waals surface area (Å²) in [6, 6.07) is 0. The van der Waals surface area contributed by atoms with E-state index in [9.17, 15) is 31.8 Å². The van der Waals surface area contributed by atoms with E-state index in [2.05, 4.69) is 10.8 Å². The van der Waals surface area contributed by atoms with Crippen LogP contribution in [0.25, 0.3) is 0 Å². The van der Waals surface area contributed by atoms with Gasteiger partial charge in [0, 0.05) is 0 Å². The van der Waals surface area contributed by atoms with Crippen molar-refractivity contribution in [2.24, 2.45) is 4.19 Å². The van der Waals surface area contributed by atoms with Crippen LogP contribution < -0.4 is 0 Å². The fourth-order valence-corrected chi connectivity index (χ4v) is 3.19. The van der Waals surface area contributed by atoms with E-state index in [-0.39, 0.29) is 0 Å². The standard InChI is InChI=1S/C8H9.2CO.BF4.Mn.NO/c1-3-8-6-4-5-7(8)2;2*1-2;2-1(3,4)5;;1-2/h3-4H,1,6H2,2H3;;;;;/q;;;-1;+2;-1. The third-order valence-electron chi connectivity index (χ3n) is 2.21. The summed E-state index contributed by atoms with van der Waals surface area (Å²) in [6.45, 7) is 5.34. The average Bonchev–Trinajstić information content (AvgIpc) is 2.73. The third-order valence-corrected chi connectivity index (χ3v) is 4.83. The van der Waals surface area contributed by atoms with Crippen molar-refractivity contribution >= 4 is 16.8 Å². The van der Waals surface area contributed by atoms with Crippen LogP contribution in [0.5, 0.6) is 0 Å². The first-order chi connectivity index (χ1) is 9.15. The van der Waals surface area contributed by atoms with Gasteiger partial charge in [-0.2, -0.15) is 0 Å². The van der Waals surface area contributed by atoms with Crippen LogP contribution >= 0.6 is 0 Å². The summed E-state index contributed by atoms with van der Waals surface area (Å²) in [5, 5.41) is 0. The predicted octanol–water partition coefficient (Wildman–Crippen LogP) is 3.05. The monoisotopic (exact) mass is 333 g/mol. The number of nitrogens with zero attached hydrogens (tertiary/aromatic N) is 1. The van der Waals surface area contributed by atoms with Crippen molar-refractivity contribution in [2.45, 2.75) is 13.3 Å². The zero-order valence-electron chi connectivity index (χ0n) is 10.2. The van der Waals surface area contributed by atoms with Crippen LogP contribution in [0.1, 0.15) is 13.3 Å². The molecule has 110 valence electrons. The molecule has 0 aromatic heterocycles. The predicted molar refractivity (Wildman–Crippen MR) is 63.0 cm³/mol. The molecule has 0 aromatic rings. The molecule has 0 unspecified atom stereocenters. The maximum Gasteiger partial charge on any atom is 0.673 e. The van der Waals surface area contributed by atoms with Crippen LogP contribution in [0.4, 0.5) is 17.3 Å². The molecule has 1 aliphatic carbocycles. The molecular formula is C10H9BF4MnNO3. The van der Waals surface area contributed by atoms with E-state index in [1.165, 1.54) is 9.57 Å². The number of nitroso groups, excluding NO2 is 1. The van der Waals surface area contributed by atoms with Gasteiger partial charge in [0.2, 0.25) is 0 Å². The molecule has 0 N–H and O–H groups in total. The van der Waals surface area contributed by atoms with E-state index >= 15 is 0 Å². The Morgan fingerprint density at radius 1 is 1.35 bits per heavy atom. The molecular weight excluding hydrogens is 324 g/mol. The maximum atomic E-state index is 10.7. The SMILES string of the molecule is C=CC1=C(C)[C]([Mn+](=[C]=O)(=[C]=O)[N]=O)=CC1.F[B-](F)(F)F. The van der Waals surface area contributed by atoms with Crippen LogP contribution in [-0.2, 0) is 21.8 Å². The van der Waals surface area contributed by atoms with Crippen molar-refractivity contribution in [3.8, 4) is 0 Å². The van der Waals surface area contributed by atoms with Crippen LogP contribution in [0.2, 0.25) is 0 Å². The normalized spacial score (nSPS) is 14.6. The Morgan fingerprint density at radius 2 is 1.80 bits per heavy atom. The topological polar surface area (TPSA) is 63.6 Å². The molecule has 0 saturated heterocycles. The minimum atomic E-state index is -6.00. The van der Waals surface area contributed by atoms with Gasteiger partial charge in [-0.25, -0.2) is 0 Å². The molecule has 1 rings (SSSR count). The molecule has 20 heavy (non-hydrogen) atoms. The number of carbonyl (C=O) groups excluding carboxylic acids is 2.